The van der Waals surface area contributed by atoms with E-state index in [1.54, 1.807) is 5.06 Å². The van der Waals surface area contributed by atoms with Gasteiger partial charge < -0.3 is 9.94 Å². The molecule has 0 aromatic carbocycles. The van der Waals surface area contributed by atoms with Gasteiger partial charge in [-0.25, -0.2) is 0 Å². The van der Waals surface area contributed by atoms with Gasteiger partial charge in [-0.1, -0.05) is 72.6 Å². The fourth-order valence-electron chi connectivity index (χ4n) is 4.45. The van der Waals surface area contributed by atoms with Crippen LogP contribution >= 0.6 is 0 Å². The van der Waals surface area contributed by atoms with Crippen molar-refractivity contribution in [3.8, 4) is 0 Å². The number of hydroxylamine groups is 2. The normalized spacial score (nSPS) is 31.8. The summed E-state index contributed by atoms with van der Waals surface area (Å²) in [6, 6.07) is 0. The van der Waals surface area contributed by atoms with Crippen LogP contribution in [0.15, 0.2) is 0 Å². The van der Waals surface area contributed by atoms with Crippen LogP contribution in [-0.4, -0.2) is 33.4 Å². The minimum atomic E-state index is -0.369. The summed E-state index contributed by atoms with van der Waals surface area (Å²) >= 11 is 0. The van der Waals surface area contributed by atoms with E-state index in [-0.39, 0.29) is 29.1 Å². The third-order valence-corrected chi connectivity index (χ3v) is 7.17. The van der Waals surface area contributed by atoms with Gasteiger partial charge in [-0.15, -0.1) is 0 Å². The molecule has 0 aromatic heterocycles. The van der Waals surface area contributed by atoms with Crippen molar-refractivity contribution < 1.29 is 14.7 Å². The Morgan fingerprint density at radius 2 is 1.56 bits per heavy atom. The van der Waals surface area contributed by atoms with Gasteiger partial charge in [0, 0.05) is 29.8 Å². The Kier molecular flexibility index (Phi) is 10.3. The van der Waals surface area contributed by atoms with E-state index >= 15 is 0 Å². The Labute approximate surface area is 168 Å². The van der Waals surface area contributed by atoms with E-state index in [0.29, 0.717) is 12.8 Å². The molecule has 0 radical (unpaired) electrons. The highest BCUT2D eigenvalue weighted by atomic mass is 16.5. The van der Waals surface area contributed by atoms with Gasteiger partial charge in [0.2, 0.25) is 0 Å². The number of rotatable bonds is 12. The van der Waals surface area contributed by atoms with Crippen LogP contribution in [0.3, 0.4) is 0 Å². The number of esters is 1. The van der Waals surface area contributed by atoms with Crippen molar-refractivity contribution in [2.75, 3.05) is 0 Å². The number of ether oxygens (including phenoxy) is 1. The molecule has 1 fully saturated rings. The molecule has 0 amide bonds. The summed E-state index contributed by atoms with van der Waals surface area (Å²) in [5.74, 6) is 0.0377. The molecule has 27 heavy (non-hydrogen) atoms. The van der Waals surface area contributed by atoms with E-state index in [4.69, 9.17) is 4.74 Å². The number of hydrogen-bond acceptors (Lipinski definition) is 4. The SMILES string of the molecule is CCCCCCCCCCC(=O)OC1CC(C)(CC)N(O)C(C)(CC)C1C. The monoisotopic (exact) mass is 383 g/mol. The molecule has 4 unspecified atom stereocenters. The van der Waals surface area contributed by atoms with Crippen LogP contribution in [0.2, 0.25) is 0 Å². The Bertz CT molecular complexity index is 441. The molecule has 0 spiro atoms. The first-order valence-corrected chi connectivity index (χ1v) is 11.4. The molecule has 1 heterocycles. The fourth-order valence-corrected chi connectivity index (χ4v) is 4.45. The predicted octanol–water partition coefficient (Wildman–Crippen LogP) is 6.50. The number of carbonyl (C=O) groups excluding carboxylic acids is 1. The number of piperidine rings is 1. The fraction of sp³-hybridized carbons (Fsp3) is 0.957. The van der Waals surface area contributed by atoms with Crippen molar-refractivity contribution in [3.05, 3.63) is 0 Å². The van der Waals surface area contributed by atoms with Crippen molar-refractivity contribution in [2.24, 2.45) is 5.92 Å². The molecular formula is C23H45NO3. The van der Waals surface area contributed by atoms with Gasteiger partial charge in [0.15, 0.2) is 0 Å². The molecule has 0 saturated carbocycles. The highest BCUT2D eigenvalue weighted by molar-refractivity contribution is 5.69. The zero-order valence-electron chi connectivity index (χ0n) is 18.9. The lowest BCUT2D eigenvalue weighted by atomic mass is 9.69. The smallest absolute Gasteiger partial charge is 0.306 e. The Morgan fingerprint density at radius 3 is 2.07 bits per heavy atom. The summed E-state index contributed by atoms with van der Waals surface area (Å²) in [6.45, 7) is 12.7. The van der Waals surface area contributed by atoms with Gasteiger partial charge in [0.25, 0.3) is 0 Å². The van der Waals surface area contributed by atoms with Crippen LogP contribution < -0.4 is 0 Å². The van der Waals surface area contributed by atoms with Crippen LogP contribution in [0.5, 0.6) is 0 Å². The summed E-state index contributed by atoms with van der Waals surface area (Å²) < 4.78 is 5.93. The van der Waals surface area contributed by atoms with Crippen molar-refractivity contribution in [2.45, 2.75) is 136 Å². The molecule has 1 N–H and O–H groups in total. The van der Waals surface area contributed by atoms with E-state index in [1.165, 1.54) is 38.5 Å². The van der Waals surface area contributed by atoms with Crippen molar-refractivity contribution in [1.29, 1.82) is 0 Å². The number of hydrogen-bond donors (Lipinski definition) is 1. The molecule has 0 aliphatic carbocycles. The molecular weight excluding hydrogens is 338 g/mol. The summed E-state index contributed by atoms with van der Waals surface area (Å²) in [4.78, 5) is 12.4. The Balaban J connectivity index is 2.46. The number of carbonyl (C=O) groups is 1. The second-order valence-electron chi connectivity index (χ2n) is 9.12. The average Bonchev–Trinajstić information content (AvgIpc) is 2.66. The molecule has 160 valence electrons. The first-order chi connectivity index (χ1) is 12.7. The summed E-state index contributed by atoms with van der Waals surface area (Å²) in [5.41, 5.74) is -0.715. The quantitative estimate of drug-likeness (QED) is 0.309. The minimum Gasteiger partial charge on any atom is -0.462 e. The lowest BCUT2D eigenvalue weighted by Gasteiger charge is -2.57. The van der Waals surface area contributed by atoms with Crippen LogP contribution in [0.25, 0.3) is 0 Å². The lowest BCUT2D eigenvalue weighted by molar-refractivity contribution is -0.289. The molecule has 4 atom stereocenters. The molecule has 0 aromatic rings. The van der Waals surface area contributed by atoms with Crippen molar-refractivity contribution >= 4 is 5.97 Å². The molecule has 1 rings (SSSR count). The lowest BCUT2D eigenvalue weighted by Crippen LogP contribution is -2.67. The number of nitrogens with zero attached hydrogens (tertiary/aromatic N) is 1. The number of unbranched alkanes of at least 4 members (excludes halogenated alkanes) is 7. The highest BCUT2D eigenvalue weighted by Crippen LogP contribution is 2.45. The third-order valence-electron chi connectivity index (χ3n) is 7.17. The maximum atomic E-state index is 12.4. The van der Waals surface area contributed by atoms with Gasteiger partial charge in [-0.2, -0.15) is 5.06 Å². The van der Waals surface area contributed by atoms with Gasteiger partial charge >= 0.3 is 5.97 Å². The van der Waals surface area contributed by atoms with Gasteiger partial charge in [-0.05, 0) is 33.1 Å². The minimum absolute atomic E-state index is 0.0684. The van der Waals surface area contributed by atoms with E-state index in [1.807, 2.05) is 0 Å². The Hall–Kier alpha value is -0.610. The highest BCUT2D eigenvalue weighted by Gasteiger charge is 2.53. The molecule has 4 nitrogen and oxygen atoms in total. The van der Waals surface area contributed by atoms with E-state index < -0.39 is 0 Å². The van der Waals surface area contributed by atoms with Crippen molar-refractivity contribution in [3.63, 3.8) is 0 Å². The van der Waals surface area contributed by atoms with Crippen LogP contribution in [0.4, 0.5) is 0 Å². The molecule has 1 aliphatic rings. The second kappa shape index (κ2) is 11.4. The zero-order valence-corrected chi connectivity index (χ0v) is 18.9. The van der Waals surface area contributed by atoms with E-state index in [2.05, 4.69) is 41.5 Å². The van der Waals surface area contributed by atoms with Gasteiger partial charge in [-0.3, -0.25) is 4.79 Å². The van der Waals surface area contributed by atoms with E-state index in [0.717, 1.165) is 25.7 Å². The first-order valence-electron chi connectivity index (χ1n) is 11.4. The van der Waals surface area contributed by atoms with Gasteiger partial charge in [0.05, 0.1) is 0 Å². The Morgan fingerprint density at radius 1 is 1.00 bits per heavy atom. The maximum Gasteiger partial charge on any atom is 0.306 e. The largest absolute Gasteiger partial charge is 0.462 e. The average molecular weight is 384 g/mol. The standard InChI is InChI=1S/C23H45NO3/c1-7-10-11-12-13-14-15-16-17-21(25)27-20-18-22(5,8-2)24(26)23(6,9-3)19(20)4/h19-20,26H,7-18H2,1-6H3. The van der Waals surface area contributed by atoms with Crippen molar-refractivity contribution in [1.82, 2.24) is 5.06 Å². The second-order valence-corrected chi connectivity index (χ2v) is 9.12. The van der Waals surface area contributed by atoms with Gasteiger partial charge in [0.1, 0.15) is 6.10 Å². The van der Waals surface area contributed by atoms with Crippen LogP contribution in [0.1, 0.15) is 119 Å². The molecule has 0 bridgehead atoms. The van der Waals surface area contributed by atoms with E-state index in [9.17, 15) is 10.0 Å². The predicted molar refractivity (Wildman–Crippen MR) is 112 cm³/mol. The van der Waals surface area contributed by atoms with Crippen LogP contribution in [0, 0.1) is 5.92 Å². The summed E-state index contributed by atoms with van der Waals surface area (Å²) in [6.07, 6.45) is 12.6. The first kappa shape index (κ1) is 24.4. The molecule has 1 aliphatic heterocycles. The summed E-state index contributed by atoms with van der Waals surface area (Å²) in [7, 11) is 0. The van der Waals surface area contributed by atoms with Crippen LogP contribution in [-0.2, 0) is 9.53 Å². The maximum absolute atomic E-state index is 12.4. The molecule has 4 heteroatoms. The summed E-state index contributed by atoms with van der Waals surface area (Å²) in [5, 5.41) is 12.4. The topological polar surface area (TPSA) is 49.8 Å². The molecule has 1 saturated heterocycles. The zero-order chi connectivity index (χ0) is 20.5. The third kappa shape index (κ3) is 6.45.